The first kappa shape index (κ1) is 42.1. The molecular weight excluding hydrogens is 903 g/mol. The highest BCUT2D eigenvalue weighted by Crippen LogP contribution is 2.45. The lowest BCUT2D eigenvalue weighted by Crippen LogP contribution is -2.93. The van der Waals surface area contributed by atoms with Crippen LogP contribution in [0, 0.1) is 0 Å². The summed E-state index contributed by atoms with van der Waals surface area (Å²) in [5, 5.41) is 16.0. The molecule has 2 nitrogen and oxygen atoms in total. The van der Waals surface area contributed by atoms with Crippen LogP contribution in [0.2, 0.25) is 0 Å². The highest BCUT2D eigenvalue weighted by Gasteiger charge is 2.59. The van der Waals surface area contributed by atoms with E-state index in [0.29, 0.717) is 0 Å². The Morgan fingerprint density at radius 1 is 0.278 bits per heavy atom. The Kier molecular flexibility index (Phi) is 9.92. The van der Waals surface area contributed by atoms with Gasteiger partial charge >= 0.3 is 0 Å². The number of ether oxygens (including phenoxy) is 1. The molecule has 0 fully saturated rings. The zero-order chi connectivity index (χ0) is 47.6. The Bertz CT molecular complexity index is 3800. The van der Waals surface area contributed by atoms with E-state index in [4.69, 9.17) is 4.74 Å². The van der Waals surface area contributed by atoms with Crippen LogP contribution in [-0.2, 0) is 0 Å². The molecule has 0 aromatic heterocycles. The number of hydrogen-bond donors (Lipinski definition) is 0. The maximum absolute atomic E-state index is 7.50. The molecule has 0 atom stereocenters. The van der Waals surface area contributed by atoms with Crippen molar-refractivity contribution in [1.82, 2.24) is 0 Å². The number of fused-ring (bicyclic) bond motifs is 10. The van der Waals surface area contributed by atoms with Gasteiger partial charge in [-0.25, -0.2) is 0 Å². The van der Waals surface area contributed by atoms with Crippen LogP contribution in [0.4, 0.5) is 17.1 Å². The van der Waals surface area contributed by atoms with Gasteiger partial charge in [-0.2, -0.15) is 0 Å². The van der Waals surface area contributed by atoms with Gasteiger partial charge < -0.3 is 9.64 Å². The minimum atomic E-state index is -3.16. The Balaban J connectivity index is 1.02. The zero-order valence-electron chi connectivity index (χ0n) is 39.5. The lowest BCUT2D eigenvalue weighted by atomic mass is 9.97. The molecule has 0 N–H and O–H groups in total. The van der Waals surface area contributed by atoms with Crippen LogP contribution < -0.4 is 51.1 Å². The van der Waals surface area contributed by atoms with Crippen molar-refractivity contribution in [1.29, 1.82) is 0 Å². The zero-order valence-corrected chi connectivity index (χ0v) is 41.5. The molecule has 4 heteroatoms. The Morgan fingerprint density at radius 3 is 1.18 bits per heavy atom. The number of benzene rings is 12. The van der Waals surface area contributed by atoms with Crippen LogP contribution in [-0.4, -0.2) is 16.1 Å². The number of para-hydroxylation sites is 2. The molecule has 2 aliphatic rings. The molecule has 0 amide bonds. The van der Waals surface area contributed by atoms with E-state index >= 15 is 0 Å². The topological polar surface area (TPSA) is 12.5 Å². The first-order valence-electron chi connectivity index (χ1n) is 24.9. The maximum Gasteiger partial charge on any atom is 0.188 e. The number of anilines is 3. The molecule has 0 saturated heterocycles. The van der Waals surface area contributed by atoms with E-state index in [0.717, 1.165) is 28.6 Å². The second kappa shape index (κ2) is 17.0. The molecule has 0 radical (unpaired) electrons. The molecule has 0 saturated carbocycles. The number of rotatable bonds is 7. The van der Waals surface area contributed by atoms with Gasteiger partial charge in [0.25, 0.3) is 0 Å². The molecule has 338 valence electrons. The predicted octanol–water partition coefficient (Wildman–Crippen LogP) is 12.0. The summed E-state index contributed by atoms with van der Waals surface area (Å²) in [6.45, 7) is 0. The second-order valence-corrected chi connectivity index (χ2v) is 26.4. The van der Waals surface area contributed by atoms with Crippen molar-refractivity contribution in [2.24, 2.45) is 0 Å². The fourth-order valence-electron chi connectivity index (χ4n) is 12.5. The van der Waals surface area contributed by atoms with Gasteiger partial charge in [0.2, 0.25) is 0 Å². The molecule has 2 aliphatic heterocycles. The summed E-state index contributed by atoms with van der Waals surface area (Å²) in [5.41, 5.74) is 7.88. The van der Waals surface area contributed by atoms with Crippen molar-refractivity contribution in [2.75, 3.05) is 4.90 Å². The third-order valence-corrected chi connectivity index (χ3v) is 25.8. The summed E-state index contributed by atoms with van der Waals surface area (Å²) in [4.78, 5) is 2.42. The van der Waals surface area contributed by atoms with Gasteiger partial charge in [-0.3, -0.25) is 0 Å². The van der Waals surface area contributed by atoms with Gasteiger partial charge in [0.05, 0.1) is 5.69 Å². The van der Waals surface area contributed by atoms with Gasteiger partial charge in [0, 0.05) is 11.4 Å². The Morgan fingerprint density at radius 2 is 0.667 bits per heavy atom. The van der Waals surface area contributed by atoms with E-state index < -0.39 is 16.1 Å². The van der Waals surface area contributed by atoms with Gasteiger partial charge in [-0.1, -0.05) is 249 Å². The quantitative estimate of drug-likeness (QED) is 0.148. The fourth-order valence-corrected chi connectivity index (χ4v) is 24.8. The van der Waals surface area contributed by atoms with Gasteiger partial charge in [-0.15, -0.1) is 0 Å². The van der Waals surface area contributed by atoms with E-state index in [1.807, 2.05) is 0 Å². The highest BCUT2D eigenvalue weighted by atomic mass is 28.3. The van der Waals surface area contributed by atoms with Gasteiger partial charge in [0.15, 0.2) is 21.9 Å². The summed E-state index contributed by atoms with van der Waals surface area (Å²) >= 11 is 0. The first-order chi connectivity index (χ1) is 35.7. The molecular formula is C68H47NOSi2. The van der Waals surface area contributed by atoms with E-state index in [1.165, 1.54) is 85.3 Å². The van der Waals surface area contributed by atoms with Crippen LogP contribution in [0.15, 0.2) is 285 Å². The standard InChI is InChI=1S/C68H47NOSi2/c1-3-24-54(25-4-1)71(55-26-5-2-6-27-55)63-35-13-15-37-65(63)72(66-38-16-14-36-64(66)71)62-34-12-11-33-61(62)70-68-60(32-19-39-67(68)72)69(52-44-40-50(41-45-52)58-30-17-22-48-20-7-9-28-56(48)58)53-46-42-51(43-47-53)59-31-18-23-49-21-8-10-29-57(49)59/h1-47H. The van der Waals surface area contributed by atoms with Gasteiger partial charge in [-0.05, 0) is 122 Å². The van der Waals surface area contributed by atoms with Crippen molar-refractivity contribution in [3.05, 3.63) is 285 Å². The van der Waals surface area contributed by atoms with E-state index in [2.05, 4.69) is 290 Å². The molecule has 0 unspecified atom stereocenters. The SMILES string of the molecule is c1ccc([Si]2(c3ccccc3)c3ccccc3[Si]3(c4ccccc4Oc4c(N(c5ccc(-c6cccc7ccccc67)cc5)c5ccc(-c6cccc7ccccc67)cc5)cccc43)c3ccccc32)cc1. The van der Waals surface area contributed by atoms with Crippen LogP contribution in [0.25, 0.3) is 43.8 Å². The molecule has 2 heterocycles. The summed E-state index contributed by atoms with van der Waals surface area (Å²) in [7, 11) is -6.05. The largest absolute Gasteiger partial charge is 0.455 e. The first-order valence-corrected chi connectivity index (χ1v) is 28.9. The summed E-state index contributed by atoms with van der Waals surface area (Å²) in [5.74, 6) is 1.82. The van der Waals surface area contributed by atoms with Crippen LogP contribution in [0.3, 0.4) is 0 Å². The van der Waals surface area contributed by atoms with Crippen molar-refractivity contribution < 1.29 is 4.74 Å². The Labute approximate surface area is 422 Å². The lowest BCUT2D eigenvalue weighted by Gasteiger charge is -2.50. The molecule has 1 spiro atoms. The van der Waals surface area contributed by atoms with E-state index in [9.17, 15) is 0 Å². The van der Waals surface area contributed by atoms with E-state index in [1.54, 1.807) is 0 Å². The lowest BCUT2D eigenvalue weighted by molar-refractivity contribution is 0.488. The number of hydrogen-bond acceptors (Lipinski definition) is 2. The monoisotopic (exact) mass is 949 g/mol. The normalized spacial score (nSPS) is 13.6. The van der Waals surface area contributed by atoms with Crippen LogP contribution in [0.5, 0.6) is 11.5 Å². The minimum Gasteiger partial charge on any atom is -0.455 e. The van der Waals surface area contributed by atoms with Crippen molar-refractivity contribution in [2.45, 2.75) is 0 Å². The second-order valence-electron chi connectivity index (χ2n) is 19.1. The maximum atomic E-state index is 7.50. The average Bonchev–Trinajstić information content (AvgIpc) is 3.47. The fraction of sp³-hybridized carbons (Fsp3) is 0. The van der Waals surface area contributed by atoms with Crippen molar-refractivity contribution in [3.8, 4) is 33.8 Å². The summed E-state index contributed by atoms with van der Waals surface area (Å²) in [6.07, 6.45) is 0. The van der Waals surface area contributed by atoms with Crippen molar-refractivity contribution in [3.63, 3.8) is 0 Å². The van der Waals surface area contributed by atoms with Crippen molar-refractivity contribution >= 4 is 96.2 Å². The molecule has 12 aromatic rings. The third-order valence-electron chi connectivity index (χ3n) is 15.5. The average molecular weight is 950 g/mol. The van der Waals surface area contributed by atoms with Crippen LogP contribution >= 0.6 is 0 Å². The van der Waals surface area contributed by atoms with E-state index in [-0.39, 0.29) is 0 Å². The summed E-state index contributed by atoms with van der Waals surface area (Å²) < 4.78 is 7.50. The number of nitrogens with zero attached hydrogens (tertiary/aromatic N) is 1. The molecule has 0 bridgehead atoms. The Hall–Kier alpha value is -8.81. The minimum absolute atomic E-state index is 0.900. The highest BCUT2D eigenvalue weighted by molar-refractivity contribution is 7.33. The third kappa shape index (κ3) is 6.26. The molecule has 14 rings (SSSR count). The predicted molar refractivity (Wildman–Crippen MR) is 308 cm³/mol. The van der Waals surface area contributed by atoms with Gasteiger partial charge in [0.1, 0.15) is 5.75 Å². The molecule has 0 aliphatic carbocycles. The molecule has 72 heavy (non-hydrogen) atoms. The molecule has 12 aromatic carbocycles. The van der Waals surface area contributed by atoms with Crippen LogP contribution in [0.1, 0.15) is 0 Å². The summed E-state index contributed by atoms with van der Waals surface area (Å²) in [6, 6.07) is 106. The smallest absolute Gasteiger partial charge is 0.188 e.